The number of morpholine rings is 1. The number of aliphatic carboxylic acids is 1. The molecule has 1 N–H and O–H groups in total. The number of rotatable bonds is 3. The van der Waals surface area contributed by atoms with Gasteiger partial charge in [0.2, 0.25) is 5.91 Å². The summed E-state index contributed by atoms with van der Waals surface area (Å²) in [6.45, 7) is 3.81. The number of carboxylic acid groups (broad SMARTS) is 1. The smallest absolute Gasteiger partial charge is 0.307 e. The van der Waals surface area contributed by atoms with Crippen molar-refractivity contribution in [2.24, 2.45) is 11.8 Å². The van der Waals surface area contributed by atoms with Gasteiger partial charge < -0.3 is 14.7 Å². The molecule has 1 unspecified atom stereocenters. The molecule has 0 bridgehead atoms. The van der Waals surface area contributed by atoms with Gasteiger partial charge in [0.1, 0.15) is 0 Å². The molecular formula is C14H23NO4. The lowest BCUT2D eigenvalue weighted by Crippen LogP contribution is -2.50. The van der Waals surface area contributed by atoms with Crippen molar-refractivity contribution in [1.29, 1.82) is 0 Å². The first-order valence-corrected chi connectivity index (χ1v) is 7.26. The van der Waals surface area contributed by atoms with Crippen LogP contribution in [0.25, 0.3) is 0 Å². The summed E-state index contributed by atoms with van der Waals surface area (Å²) < 4.78 is 5.56. The first-order valence-electron chi connectivity index (χ1n) is 7.26. The molecule has 1 aliphatic carbocycles. The largest absolute Gasteiger partial charge is 0.481 e. The second-order valence-electron chi connectivity index (χ2n) is 5.52. The van der Waals surface area contributed by atoms with E-state index in [1.807, 2.05) is 11.8 Å². The molecule has 2 fully saturated rings. The summed E-state index contributed by atoms with van der Waals surface area (Å²) in [5, 5.41) is 9.26. The highest BCUT2D eigenvalue weighted by Gasteiger charge is 2.38. The van der Waals surface area contributed by atoms with Crippen molar-refractivity contribution in [3.05, 3.63) is 0 Å². The van der Waals surface area contributed by atoms with Gasteiger partial charge in [-0.2, -0.15) is 0 Å². The lowest BCUT2D eigenvalue weighted by Gasteiger charge is -2.37. The van der Waals surface area contributed by atoms with Crippen molar-refractivity contribution in [2.45, 2.75) is 45.1 Å². The van der Waals surface area contributed by atoms with Crippen LogP contribution in [0.4, 0.5) is 0 Å². The first-order chi connectivity index (χ1) is 9.13. The molecule has 1 saturated carbocycles. The summed E-state index contributed by atoms with van der Waals surface area (Å²) in [4.78, 5) is 25.6. The third kappa shape index (κ3) is 3.26. The molecule has 5 heteroatoms. The Morgan fingerprint density at radius 2 is 1.95 bits per heavy atom. The van der Waals surface area contributed by atoms with E-state index in [4.69, 9.17) is 4.74 Å². The Hall–Kier alpha value is -1.10. The van der Waals surface area contributed by atoms with Gasteiger partial charge in [0.15, 0.2) is 0 Å². The Morgan fingerprint density at radius 1 is 1.26 bits per heavy atom. The Kier molecular flexibility index (Phi) is 4.80. The van der Waals surface area contributed by atoms with E-state index < -0.39 is 11.9 Å². The third-order valence-electron chi connectivity index (χ3n) is 4.31. The summed E-state index contributed by atoms with van der Waals surface area (Å²) in [5.74, 6) is -1.63. The number of ether oxygens (including phenoxy) is 1. The van der Waals surface area contributed by atoms with Crippen molar-refractivity contribution in [1.82, 2.24) is 4.90 Å². The molecular weight excluding hydrogens is 246 g/mol. The topological polar surface area (TPSA) is 66.8 Å². The second kappa shape index (κ2) is 6.37. The van der Waals surface area contributed by atoms with Gasteiger partial charge >= 0.3 is 5.97 Å². The molecule has 1 aliphatic heterocycles. The highest BCUT2D eigenvalue weighted by atomic mass is 16.5. The van der Waals surface area contributed by atoms with Crippen LogP contribution < -0.4 is 0 Å². The lowest BCUT2D eigenvalue weighted by molar-refractivity contribution is -0.155. The fourth-order valence-electron chi connectivity index (χ4n) is 3.12. The minimum atomic E-state index is -0.821. The highest BCUT2D eigenvalue weighted by Crippen LogP contribution is 2.32. The van der Waals surface area contributed by atoms with Gasteiger partial charge in [0.05, 0.1) is 24.5 Å². The van der Waals surface area contributed by atoms with Crippen LogP contribution in [0.15, 0.2) is 0 Å². The zero-order valence-corrected chi connectivity index (χ0v) is 11.5. The standard InChI is InChI=1S/C14H23NO4/c1-2-10-9-15(7-8-19-10)13(16)11-5-3-4-6-12(11)14(17)18/h10-12H,2-9H2,1H3,(H,17,18)/t10?,11-,12+/m1/s1. The molecule has 0 radical (unpaired) electrons. The van der Waals surface area contributed by atoms with E-state index in [0.29, 0.717) is 32.5 Å². The Bertz CT molecular complexity index is 344. The molecule has 0 spiro atoms. The van der Waals surface area contributed by atoms with Crippen molar-refractivity contribution in [3.8, 4) is 0 Å². The van der Waals surface area contributed by atoms with E-state index in [1.165, 1.54) is 0 Å². The van der Waals surface area contributed by atoms with Crippen molar-refractivity contribution < 1.29 is 19.4 Å². The van der Waals surface area contributed by atoms with Crippen LogP contribution in [0.2, 0.25) is 0 Å². The first kappa shape index (κ1) is 14.3. The molecule has 0 aromatic rings. The van der Waals surface area contributed by atoms with Gasteiger partial charge in [0, 0.05) is 13.1 Å². The molecule has 3 atom stereocenters. The molecule has 2 aliphatic rings. The summed E-state index contributed by atoms with van der Waals surface area (Å²) in [6, 6.07) is 0. The normalized spacial score (nSPS) is 32.1. The van der Waals surface area contributed by atoms with Gasteiger partial charge in [-0.3, -0.25) is 9.59 Å². The number of amides is 1. The van der Waals surface area contributed by atoms with Crippen LogP contribution in [0.5, 0.6) is 0 Å². The van der Waals surface area contributed by atoms with Crippen LogP contribution >= 0.6 is 0 Å². The van der Waals surface area contributed by atoms with Crippen molar-refractivity contribution in [2.75, 3.05) is 19.7 Å². The molecule has 0 aromatic heterocycles. The average Bonchev–Trinajstić information content (AvgIpc) is 2.46. The van der Waals surface area contributed by atoms with E-state index in [-0.39, 0.29) is 17.9 Å². The Balaban J connectivity index is 2.02. The summed E-state index contributed by atoms with van der Waals surface area (Å²) in [6.07, 6.45) is 4.21. The number of carbonyl (C=O) groups is 2. The van der Waals surface area contributed by atoms with Crippen LogP contribution in [-0.4, -0.2) is 47.7 Å². The Labute approximate surface area is 113 Å². The predicted octanol–water partition coefficient (Wildman–Crippen LogP) is 1.51. The highest BCUT2D eigenvalue weighted by molar-refractivity contribution is 5.85. The molecule has 1 amide bonds. The molecule has 2 rings (SSSR count). The fraction of sp³-hybridized carbons (Fsp3) is 0.857. The Morgan fingerprint density at radius 3 is 2.58 bits per heavy atom. The van der Waals surface area contributed by atoms with Gasteiger partial charge in [-0.05, 0) is 19.3 Å². The van der Waals surface area contributed by atoms with E-state index in [9.17, 15) is 14.7 Å². The maximum Gasteiger partial charge on any atom is 0.307 e. The van der Waals surface area contributed by atoms with Gasteiger partial charge in [-0.25, -0.2) is 0 Å². The molecule has 108 valence electrons. The lowest BCUT2D eigenvalue weighted by atomic mass is 9.78. The van der Waals surface area contributed by atoms with E-state index >= 15 is 0 Å². The SMILES string of the molecule is CCC1CN(C(=O)[C@@H]2CCCC[C@@H]2C(=O)O)CCO1. The monoisotopic (exact) mass is 269 g/mol. The van der Waals surface area contributed by atoms with E-state index in [0.717, 1.165) is 19.3 Å². The van der Waals surface area contributed by atoms with Gasteiger partial charge in [-0.15, -0.1) is 0 Å². The number of hydrogen-bond acceptors (Lipinski definition) is 3. The van der Waals surface area contributed by atoms with Crippen molar-refractivity contribution in [3.63, 3.8) is 0 Å². The quantitative estimate of drug-likeness (QED) is 0.843. The average molecular weight is 269 g/mol. The van der Waals surface area contributed by atoms with Crippen LogP contribution in [0, 0.1) is 11.8 Å². The van der Waals surface area contributed by atoms with Crippen LogP contribution in [0.3, 0.4) is 0 Å². The van der Waals surface area contributed by atoms with Crippen LogP contribution in [-0.2, 0) is 14.3 Å². The number of carbonyl (C=O) groups excluding carboxylic acids is 1. The zero-order valence-electron chi connectivity index (χ0n) is 11.5. The summed E-state index contributed by atoms with van der Waals surface area (Å²) in [7, 11) is 0. The van der Waals surface area contributed by atoms with E-state index in [2.05, 4.69) is 0 Å². The molecule has 5 nitrogen and oxygen atoms in total. The number of nitrogens with zero attached hydrogens (tertiary/aromatic N) is 1. The molecule has 19 heavy (non-hydrogen) atoms. The minimum Gasteiger partial charge on any atom is -0.481 e. The fourth-order valence-corrected chi connectivity index (χ4v) is 3.12. The molecule has 1 saturated heterocycles. The second-order valence-corrected chi connectivity index (χ2v) is 5.52. The maximum absolute atomic E-state index is 12.5. The predicted molar refractivity (Wildman–Crippen MR) is 69.7 cm³/mol. The molecule has 0 aromatic carbocycles. The van der Waals surface area contributed by atoms with Gasteiger partial charge in [-0.1, -0.05) is 19.8 Å². The minimum absolute atomic E-state index is 0.0221. The maximum atomic E-state index is 12.5. The van der Waals surface area contributed by atoms with Crippen LogP contribution in [0.1, 0.15) is 39.0 Å². The summed E-state index contributed by atoms with van der Waals surface area (Å²) >= 11 is 0. The van der Waals surface area contributed by atoms with Gasteiger partial charge in [0.25, 0.3) is 0 Å². The number of hydrogen-bond donors (Lipinski definition) is 1. The van der Waals surface area contributed by atoms with E-state index in [1.54, 1.807) is 0 Å². The zero-order chi connectivity index (χ0) is 13.8. The number of carboxylic acids is 1. The third-order valence-corrected chi connectivity index (χ3v) is 4.31. The molecule has 1 heterocycles. The van der Waals surface area contributed by atoms with Crippen molar-refractivity contribution >= 4 is 11.9 Å². The summed E-state index contributed by atoms with van der Waals surface area (Å²) in [5.41, 5.74) is 0.